The summed E-state index contributed by atoms with van der Waals surface area (Å²) < 4.78 is 26.4. The summed E-state index contributed by atoms with van der Waals surface area (Å²) >= 11 is 0. The highest BCUT2D eigenvalue weighted by atomic mass is 31.2. The van der Waals surface area contributed by atoms with Crippen molar-refractivity contribution in [3.05, 3.63) is 12.2 Å². The molecule has 0 aromatic carbocycles. The van der Waals surface area contributed by atoms with Gasteiger partial charge in [-0.25, -0.2) is 4.57 Å². The van der Waals surface area contributed by atoms with Crippen LogP contribution in [0.5, 0.6) is 0 Å². The molecular weight excluding hydrogens is 675 g/mol. The quantitative estimate of drug-likeness (QED) is 0.0274. The van der Waals surface area contributed by atoms with Crippen molar-refractivity contribution in [3.63, 3.8) is 0 Å². The lowest BCUT2D eigenvalue weighted by Crippen LogP contribution is -2.29. The Balaban J connectivity index is 3.80. The van der Waals surface area contributed by atoms with E-state index in [2.05, 4.69) is 30.5 Å². The van der Waals surface area contributed by atoms with Gasteiger partial charge in [0.05, 0.1) is 6.61 Å². The molecule has 9 heteroatoms. The minimum Gasteiger partial charge on any atom is -0.462 e. The molecule has 0 spiro atoms. The van der Waals surface area contributed by atoms with Crippen molar-refractivity contribution in [2.24, 2.45) is 0 Å². The first-order valence-electron chi connectivity index (χ1n) is 22.0. The van der Waals surface area contributed by atoms with E-state index in [1.165, 1.54) is 148 Å². The van der Waals surface area contributed by atoms with Crippen molar-refractivity contribution in [1.29, 1.82) is 0 Å². The smallest absolute Gasteiger partial charge is 0.462 e. The summed E-state index contributed by atoms with van der Waals surface area (Å²) in [6.07, 6.45) is 43.7. The van der Waals surface area contributed by atoms with Crippen LogP contribution >= 0.6 is 7.82 Å². The number of allylic oxidation sites excluding steroid dienone is 2. The number of ether oxygens (including phenoxy) is 2. The molecule has 0 amide bonds. The fourth-order valence-corrected chi connectivity index (χ4v) is 6.85. The highest BCUT2D eigenvalue weighted by Crippen LogP contribution is 2.36. The standard InChI is InChI=1S/C43H83O8P/c1-3-5-7-9-11-13-15-17-18-19-20-21-22-23-24-25-26-28-30-32-34-36-38-43(45)51-41(40-50-52(46,47)48)39-49-42(44)37-35-33-31-29-27-16-14-12-10-8-6-4-2/h12,14,41H,3-11,13,15-40H2,1-2H3,(H2,46,47,48)/b14-12+/t41-/m1/s1. The minimum atomic E-state index is -4.75. The van der Waals surface area contributed by atoms with Gasteiger partial charge in [-0.3, -0.25) is 14.1 Å². The highest BCUT2D eigenvalue weighted by Gasteiger charge is 2.22. The topological polar surface area (TPSA) is 119 Å². The van der Waals surface area contributed by atoms with Gasteiger partial charge in [-0.15, -0.1) is 0 Å². The number of hydrogen-bond donors (Lipinski definition) is 2. The lowest BCUT2D eigenvalue weighted by Gasteiger charge is -2.18. The van der Waals surface area contributed by atoms with E-state index in [1.807, 2.05) is 0 Å². The molecule has 0 heterocycles. The number of esters is 2. The van der Waals surface area contributed by atoms with E-state index in [0.29, 0.717) is 12.8 Å². The molecule has 1 atom stereocenters. The Morgan fingerprint density at radius 3 is 1.21 bits per heavy atom. The molecule has 52 heavy (non-hydrogen) atoms. The van der Waals surface area contributed by atoms with E-state index < -0.39 is 32.5 Å². The van der Waals surface area contributed by atoms with Crippen LogP contribution in [0.15, 0.2) is 12.2 Å². The maximum atomic E-state index is 12.4. The van der Waals surface area contributed by atoms with E-state index in [9.17, 15) is 14.2 Å². The molecule has 0 aromatic rings. The van der Waals surface area contributed by atoms with Crippen molar-refractivity contribution in [1.82, 2.24) is 0 Å². The van der Waals surface area contributed by atoms with Gasteiger partial charge in [0, 0.05) is 12.8 Å². The van der Waals surface area contributed by atoms with Gasteiger partial charge < -0.3 is 19.3 Å². The van der Waals surface area contributed by atoms with Crippen LogP contribution in [0.3, 0.4) is 0 Å². The van der Waals surface area contributed by atoms with Gasteiger partial charge in [0.2, 0.25) is 0 Å². The fraction of sp³-hybridized carbons (Fsp3) is 0.907. The summed E-state index contributed by atoms with van der Waals surface area (Å²) in [6, 6.07) is 0. The molecule has 0 rings (SSSR count). The molecule has 2 N–H and O–H groups in total. The van der Waals surface area contributed by atoms with Crippen LogP contribution in [-0.4, -0.2) is 41.0 Å². The summed E-state index contributed by atoms with van der Waals surface area (Å²) in [5.74, 6) is -0.883. The van der Waals surface area contributed by atoms with Crippen LogP contribution in [-0.2, 0) is 28.2 Å². The SMILES string of the molecule is CCCCC/C=C/CCCCCCCC(=O)OC[C@H](COP(=O)(O)O)OC(=O)CCCCCCCCCCCCCCCCCCCCCCCC. The zero-order valence-electron chi connectivity index (χ0n) is 34.0. The Kier molecular flexibility index (Phi) is 38.6. The second-order valence-electron chi connectivity index (χ2n) is 15.0. The van der Waals surface area contributed by atoms with E-state index >= 15 is 0 Å². The van der Waals surface area contributed by atoms with Crippen molar-refractivity contribution in [3.8, 4) is 0 Å². The van der Waals surface area contributed by atoms with Crippen molar-refractivity contribution in [2.45, 2.75) is 238 Å². The van der Waals surface area contributed by atoms with Gasteiger partial charge >= 0.3 is 19.8 Å². The summed E-state index contributed by atoms with van der Waals surface area (Å²) in [5, 5.41) is 0. The van der Waals surface area contributed by atoms with E-state index in [4.69, 9.17) is 19.3 Å². The van der Waals surface area contributed by atoms with Crippen molar-refractivity contribution < 1.29 is 37.9 Å². The molecule has 0 aromatic heterocycles. The molecule has 0 unspecified atom stereocenters. The average molecular weight is 759 g/mol. The minimum absolute atomic E-state index is 0.216. The zero-order valence-corrected chi connectivity index (χ0v) is 34.9. The monoisotopic (exact) mass is 759 g/mol. The molecule has 0 aliphatic rings. The third kappa shape index (κ3) is 41.5. The number of hydrogen-bond acceptors (Lipinski definition) is 6. The molecule has 0 fully saturated rings. The third-order valence-electron chi connectivity index (χ3n) is 9.78. The Morgan fingerprint density at radius 1 is 0.481 bits per heavy atom. The van der Waals surface area contributed by atoms with Crippen LogP contribution in [0.4, 0.5) is 0 Å². The molecule has 0 aliphatic carbocycles. The van der Waals surface area contributed by atoms with Gasteiger partial charge in [0.1, 0.15) is 6.61 Å². The summed E-state index contributed by atoms with van der Waals surface area (Å²) in [7, 11) is -4.75. The van der Waals surface area contributed by atoms with E-state index in [-0.39, 0.29) is 19.4 Å². The van der Waals surface area contributed by atoms with Crippen LogP contribution in [0.2, 0.25) is 0 Å². The molecule has 0 radical (unpaired) electrons. The lowest BCUT2D eigenvalue weighted by atomic mass is 10.0. The first-order valence-corrected chi connectivity index (χ1v) is 23.5. The second kappa shape index (κ2) is 39.5. The maximum Gasteiger partial charge on any atom is 0.469 e. The lowest BCUT2D eigenvalue weighted by molar-refractivity contribution is -0.161. The number of phosphoric acid groups is 1. The number of unbranched alkanes of at least 4 members (excludes halogenated alkanes) is 29. The molecule has 308 valence electrons. The second-order valence-corrected chi connectivity index (χ2v) is 16.3. The molecular formula is C43H83O8P. The van der Waals surface area contributed by atoms with Crippen LogP contribution in [0.25, 0.3) is 0 Å². The molecule has 0 aliphatic heterocycles. The first-order chi connectivity index (χ1) is 25.3. The maximum absolute atomic E-state index is 12.4. The van der Waals surface area contributed by atoms with Gasteiger partial charge in [0.25, 0.3) is 0 Å². The average Bonchev–Trinajstić information content (AvgIpc) is 3.11. The summed E-state index contributed by atoms with van der Waals surface area (Å²) in [5.41, 5.74) is 0. The van der Waals surface area contributed by atoms with Gasteiger partial charge in [-0.05, 0) is 38.5 Å². The number of rotatable bonds is 41. The highest BCUT2D eigenvalue weighted by molar-refractivity contribution is 7.46. The van der Waals surface area contributed by atoms with Gasteiger partial charge in [0.15, 0.2) is 6.10 Å². The fourth-order valence-electron chi connectivity index (χ4n) is 6.49. The third-order valence-corrected chi connectivity index (χ3v) is 10.3. The number of carbonyl (C=O) groups excluding carboxylic acids is 2. The van der Waals surface area contributed by atoms with E-state index in [1.54, 1.807) is 0 Å². The molecule has 0 saturated carbocycles. The summed E-state index contributed by atoms with van der Waals surface area (Å²) in [4.78, 5) is 42.8. The summed E-state index contributed by atoms with van der Waals surface area (Å²) in [6.45, 7) is 3.68. The number of phosphoric ester groups is 1. The Morgan fingerprint density at radius 2 is 0.808 bits per heavy atom. The predicted molar refractivity (Wildman–Crippen MR) is 216 cm³/mol. The van der Waals surface area contributed by atoms with Crippen molar-refractivity contribution >= 4 is 19.8 Å². The number of carbonyl (C=O) groups is 2. The predicted octanol–water partition coefficient (Wildman–Crippen LogP) is 13.4. The van der Waals surface area contributed by atoms with Crippen LogP contribution in [0, 0.1) is 0 Å². The largest absolute Gasteiger partial charge is 0.469 e. The molecule has 0 bridgehead atoms. The van der Waals surface area contributed by atoms with Crippen molar-refractivity contribution in [2.75, 3.05) is 13.2 Å². The molecule has 8 nitrogen and oxygen atoms in total. The van der Waals surface area contributed by atoms with Gasteiger partial charge in [-0.2, -0.15) is 0 Å². The van der Waals surface area contributed by atoms with Crippen LogP contribution < -0.4 is 0 Å². The zero-order chi connectivity index (χ0) is 38.2. The Labute approximate surface area is 320 Å². The first kappa shape index (κ1) is 50.8. The Hall–Kier alpha value is -1.21. The normalized spacial score (nSPS) is 12.5. The van der Waals surface area contributed by atoms with E-state index in [0.717, 1.165) is 44.9 Å². The van der Waals surface area contributed by atoms with Gasteiger partial charge in [-0.1, -0.05) is 193 Å². The molecule has 0 saturated heterocycles. The Bertz CT molecular complexity index is 858. The van der Waals surface area contributed by atoms with Crippen LogP contribution in [0.1, 0.15) is 232 Å².